The molecule has 1 aliphatic carbocycles. The number of hydrogen-bond acceptors (Lipinski definition) is 3. The van der Waals surface area contributed by atoms with Crippen LogP contribution in [0, 0.1) is 0 Å². The Kier molecular flexibility index (Phi) is 5.09. The van der Waals surface area contributed by atoms with Gasteiger partial charge in [0.15, 0.2) is 17.5 Å². The molecular formula is C16H23N3O2. The zero-order valence-electron chi connectivity index (χ0n) is 12.7. The molecule has 0 atom stereocenters. The molecule has 0 radical (unpaired) electrons. The van der Waals surface area contributed by atoms with E-state index in [4.69, 9.17) is 15.2 Å². The lowest BCUT2D eigenvalue weighted by Crippen LogP contribution is -2.33. The fraction of sp³-hybridized carbons (Fsp3) is 0.438. The van der Waals surface area contributed by atoms with Gasteiger partial charge in [-0.15, -0.1) is 6.58 Å². The maximum absolute atomic E-state index is 5.85. The predicted molar refractivity (Wildman–Crippen MR) is 84.9 cm³/mol. The van der Waals surface area contributed by atoms with Crippen molar-refractivity contribution in [3.8, 4) is 11.5 Å². The van der Waals surface area contributed by atoms with E-state index >= 15 is 0 Å². The standard InChI is InChI=1S/C16H23N3O2/c1-4-5-12-8-11(9-14(20-2)15(12)21-3)10-18-16(17)19-13-6-7-13/h4,8-9,13H,1,5-7,10H2,2-3H3,(H3,17,18,19). The van der Waals surface area contributed by atoms with E-state index in [0.717, 1.165) is 16.9 Å². The second-order valence-electron chi connectivity index (χ2n) is 5.10. The SMILES string of the molecule is C=CCc1cc(CN=C(N)NC2CC2)cc(OC)c1OC. The summed E-state index contributed by atoms with van der Waals surface area (Å²) in [5, 5.41) is 3.17. The summed E-state index contributed by atoms with van der Waals surface area (Å²) >= 11 is 0. The fourth-order valence-corrected chi connectivity index (χ4v) is 2.16. The summed E-state index contributed by atoms with van der Waals surface area (Å²) in [6, 6.07) is 4.49. The van der Waals surface area contributed by atoms with E-state index < -0.39 is 0 Å². The van der Waals surface area contributed by atoms with Gasteiger partial charge in [-0.2, -0.15) is 0 Å². The van der Waals surface area contributed by atoms with Gasteiger partial charge in [-0.05, 0) is 37.0 Å². The molecular weight excluding hydrogens is 266 g/mol. The molecule has 3 N–H and O–H groups in total. The normalized spacial score (nSPS) is 14.7. The zero-order valence-corrected chi connectivity index (χ0v) is 12.7. The predicted octanol–water partition coefficient (Wildman–Crippen LogP) is 2.00. The second kappa shape index (κ2) is 7.02. The van der Waals surface area contributed by atoms with Gasteiger partial charge in [-0.25, -0.2) is 4.99 Å². The van der Waals surface area contributed by atoms with Crippen LogP contribution in [0.25, 0.3) is 0 Å². The van der Waals surface area contributed by atoms with Crippen molar-refractivity contribution in [3.05, 3.63) is 35.9 Å². The van der Waals surface area contributed by atoms with Crippen LogP contribution >= 0.6 is 0 Å². The number of nitrogens with two attached hydrogens (primary N) is 1. The van der Waals surface area contributed by atoms with Crippen LogP contribution in [0.1, 0.15) is 24.0 Å². The van der Waals surface area contributed by atoms with Crippen molar-refractivity contribution in [3.63, 3.8) is 0 Å². The lowest BCUT2D eigenvalue weighted by atomic mass is 10.1. The number of aliphatic imine (C=N–C) groups is 1. The van der Waals surface area contributed by atoms with Crippen LogP contribution in [0.2, 0.25) is 0 Å². The van der Waals surface area contributed by atoms with Crippen molar-refractivity contribution in [2.75, 3.05) is 14.2 Å². The van der Waals surface area contributed by atoms with E-state index in [1.54, 1.807) is 14.2 Å². The first kappa shape index (κ1) is 15.2. The monoisotopic (exact) mass is 289 g/mol. The van der Waals surface area contributed by atoms with E-state index in [1.807, 2.05) is 12.1 Å². The highest BCUT2D eigenvalue weighted by atomic mass is 16.5. The van der Waals surface area contributed by atoms with Crippen LogP contribution in [0.3, 0.4) is 0 Å². The largest absolute Gasteiger partial charge is 0.493 e. The number of guanidine groups is 1. The third kappa shape index (κ3) is 4.15. The summed E-state index contributed by atoms with van der Waals surface area (Å²) in [6.45, 7) is 4.29. The van der Waals surface area contributed by atoms with E-state index in [0.29, 0.717) is 30.7 Å². The van der Waals surface area contributed by atoms with Gasteiger partial charge in [0, 0.05) is 11.6 Å². The molecule has 1 aromatic rings. The summed E-state index contributed by atoms with van der Waals surface area (Å²) < 4.78 is 10.8. The van der Waals surface area contributed by atoms with Crippen molar-refractivity contribution in [2.24, 2.45) is 10.7 Å². The Balaban J connectivity index is 2.17. The van der Waals surface area contributed by atoms with Crippen LogP contribution < -0.4 is 20.5 Å². The molecule has 5 nitrogen and oxygen atoms in total. The number of allylic oxidation sites excluding steroid dienone is 1. The molecule has 0 aromatic heterocycles. The molecule has 0 spiro atoms. The third-order valence-electron chi connectivity index (χ3n) is 3.34. The Morgan fingerprint density at radius 2 is 2.19 bits per heavy atom. The summed E-state index contributed by atoms with van der Waals surface area (Å²) in [7, 11) is 3.27. The molecule has 5 heteroatoms. The highest BCUT2D eigenvalue weighted by molar-refractivity contribution is 5.78. The quantitative estimate of drug-likeness (QED) is 0.457. The Bertz CT molecular complexity index is 537. The van der Waals surface area contributed by atoms with Crippen molar-refractivity contribution < 1.29 is 9.47 Å². The molecule has 1 aliphatic rings. The maximum Gasteiger partial charge on any atom is 0.189 e. The first-order valence-electron chi connectivity index (χ1n) is 7.09. The number of methoxy groups -OCH3 is 2. The third-order valence-corrected chi connectivity index (χ3v) is 3.34. The van der Waals surface area contributed by atoms with Gasteiger partial charge in [-0.3, -0.25) is 0 Å². The van der Waals surface area contributed by atoms with E-state index in [-0.39, 0.29) is 0 Å². The Hall–Kier alpha value is -2.17. The van der Waals surface area contributed by atoms with Crippen LogP contribution in [0.15, 0.2) is 29.8 Å². The molecule has 0 heterocycles. The van der Waals surface area contributed by atoms with Crippen LogP contribution in [-0.2, 0) is 13.0 Å². The summed E-state index contributed by atoms with van der Waals surface area (Å²) in [4.78, 5) is 4.37. The molecule has 0 aliphatic heterocycles. The van der Waals surface area contributed by atoms with Crippen molar-refractivity contribution in [1.82, 2.24) is 5.32 Å². The summed E-state index contributed by atoms with van der Waals surface area (Å²) in [6.07, 6.45) is 4.91. The molecule has 21 heavy (non-hydrogen) atoms. The highest BCUT2D eigenvalue weighted by Gasteiger charge is 2.21. The number of ether oxygens (including phenoxy) is 2. The van der Waals surface area contributed by atoms with Gasteiger partial charge in [0.1, 0.15) is 0 Å². The topological polar surface area (TPSA) is 68.9 Å². The van der Waals surface area contributed by atoms with Crippen LogP contribution in [-0.4, -0.2) is 26.2 Å². The van der Waals surface area contributed by atoms with Gasteiger partial charge < -0.3 is 20.5 Å². The maximum atomic E-state index is 5.85. The lowest BCUT2D eigenvalue weighted by molar-refractivity contribution is 0.352. The highest BCUT2D eigenvalue weighted by Crippen LogP contribution is 2.33. The number of benzene rings is 1. The molecule has 0 saturated heterocycles. The molecule has 1 fully saturated rings. The van der Waals surface area contributed by atoms with Crippen molar-refractivity contribution in [2.45, 2.75) is 31.8 Å². The minimum Gasteiger partial charge on any atom is -0.493 e. The first-order chi connectivity index (χ1) is 10.2. The molecule has 114 valence electrons. The van der Waals surface area contributed by atoms with E-state index in [9.17, 15) is 0 Å². The van der Waals surface area contributed by atoms with Crippen molar-refractivity contribution >= 4 is 5.96 Å². The van der Waals surface area contributed by atoms with Gasteiger partial charge in [0.2, 0.25) is 0 Å². The molecule has 2 rings (SSSR count). The summed E-state index contributed by atoms with van der Waals surface area (Å²) in [5.74, 6) is 1.95. The van der Waals surface area contributed by atoms with Crippen LogP contribution in [0.5, 0.6) is 11.5 Å². The van der Waals surface area contributed by atoms with Gasteiger partial charge in [-0.1, -0.05) is 6.08 Å². The number of nitrogens with one attached hydrogen (secondary N) is 1. The van der Waals surface area contributed by atoms with Gasteiger partial charge in [0.25, 0.3) is 0 Å². The number of nitrogens with zero attached hydrogens (tertiary/aromatic N) is 1. The van der Waals surface area contributed by atoms with E-state index in [1.165, 1.54) is 12.8 Å². The minimum atomic E-state index is 0.498. The molecule has 0 unspecified atom stereocenters. The summed E-state index contributed by atoms with van der Waals surface area (Å²) in [5.41, 5.74) is 7.92. The Labute approximate surface area is 125 Å². The molecule has 1 aromatic carbocycles. The number of hydrogen-bond donors (Lipinski definition) is 2. The first-order valence-corrected chi connectivity index (χ1v) is 7.09. The zero-order chi connectivity index (χ0) is 15.2. The lowest BCUT2D eigenvalue weighted by Gasteiger charge is -2.14. The Morgan fingerprint density at radius 3 is 2.76 bits per heavy atom. The van der Waals surface area contributed by atoms with Gasteiger partial charge >= 0.3 is 0 Å². The Morgan fingerprint density at radius 1 is 1.43 bits per heavy atom. The smallest absolute Gasteiger partial charge is 0.189 e. The second-order valence-corrected chi connectivity index (χ2v) is 5.10. The molecule has 1 saturated carbocycles. The fourth-order valence-electron chi connectivity index (χ4n) is 2.16. The molecule has 0 bridgehead atoms. The van der Waals surface area contributed by atoms with E-state index in [2.05, 4.69) is 23.0 Å². The minimum absolute atomic E-state index is 0.498. The average molecular weight is 289 g/mol. The molecule has 0 amide bonds. The average Bonchev–Trinajstić information content (AvgIpc) is 3.28. The number of rotatable bonds is 7. The van der Waals surface area contributed by atoms with Gasteiger partial charge in [0.05, 0.1) is 20.8 Å². The van der Waals surface area contributed by atoms with Crippen molar-refractivity contribution in [1.29, 1.82) is 0 Å². The van der Waals surface area contributed by atoms with Crippen LogP contribution in [0.4, 0.5) is 0 Å².